The highest BCUT2D eigenvalue weighted by molar-refractivity contribution is 9.10. The summed E-state index contributed by atoms with van der Waals surface area (Å²) in [6.07, 6.45) is 2.19. The fourth-order valence-corrected chi connectivity index (χ4v) is 3.42. The summed E-state index contributed by atoms with van der Waals surface area (Å²) < 4.78 is 6.81. The summed E-state index contributed by atoms with van der Waals surface area (Å²) in [7, 11) is 0. The number of halogens is 1. The molecule has 0 aliphatic rings. The van der Waals surface area contributed by atoms with Crippen LogP contribution in [0.5, 0.6) is 5.75 Å². The van der Waals surface area contributed by atoms with Gasteiger partial charge in [0.2, 0.25) is 6.10 Å². The summed E-state index contributed by atoms with van der Waals surface area (Å²) in [5.74, 6) is -0.611. The topological polar surface area (TPSA) is 63.6 Å². The van der Waals surface area contributed by atoms with E-state index in [9.17, 15) is 14.7 Å². The number of ether oxygens (including phenoxy) is 1. The van der Waals surface area contributed by atoms with Crippen LogP contribution >= 0.6 is 15.9 Å². The van der Waals surface area contributed by atoms with Crippen LogP contribution in [0.15, 0.2) is 77.3 Å². The number of hydrogen-bond donors (Lipinski definition) is 1. The van der Waals surface area contributed by atoms with Crippen molar-refractivity contribution in [2.45, 2.75) is 20.0 Å². The molecule has 5 heteroatoms. The third-order valence-corrected chi connectivity index (χ3v) is 5.13. The Labute approximate surface area is 184 Å². The lowest BCUT2D eigenvalue weighted by Gasteiger charge is -2.19. The summed E-state index contributed by atoms with van der Waals surface area (Å²) in [5, 5.41) is 9.62. The second-order valence-electron chi connectivity index (χ2n) is 6.94. The van der Waals surface area contributed by atoms with E-state index in [4.69, 9.17) is 4.74 Å². The highest BCUT2D eigenvalue weighted by atomic mass is 79.9. The van der Waals surface area contributed by atoms with Gasteiger partial charge in [0.1, 0.15) is 5.75 Å². The van der Waals surface area contributed by atoms with Crippen LogP contribution in [0.4, 0.5) is 0 Å². The first-order chi connectivity index (χ1) is 14.3. The highest BCUT2D eigenvalue weighted by Crippen LogP contribution is 2.30. The number of carbonyl (C=O) groups is 2. The maximum Gasteiger partial charge on any atom is 0.349 e. The lowest BCUT2D eigenvalue weighted by Crippen LogP contribution is -2.19. The Hall–Kier alpha value is -3.18. The first-order valence-corrected chi connectivity index (χ1v) is 10.2. The Morgan fingerprint density at radius 3 is 2.13 bits per heavy atom. The Bertz CT molecular complexity index is 1060. The van der Waals surface area contributed by atoms with E-state index >= 15 is 0 Å². The molecule has 0 saturated heterocycles. The molecule has 0 fully saturated rings. The van der Waals surface area contributed by atoms with Crippen LogP contribution in [0.1, 0.15) is 38.7 Å². The number of aliphatic carboxylic acids is 1. The van der Waals surface area contributed by atoms with E-state index in [-0.39, 0.29) is 5.78 Å². The number of allylic oxidation sites excluding steroid dienone is 1. The molecule has 1 unspecified atom stereocenters. The lowest BCUT2D eigenvalue weighted by molar-refractivity contribution is -0.145. The zero-order chi connectivity index (χ0) is 21.7. The normalized spacial score (nSPS) is 12.0. The van der Waals surface area contributed by atoms with Crippen LogP contribution in [0, 0.1) is 13.8 Å². The molecule has 0 aromatic heterocycles. The zero-order valence-corrected chi connectivity index (χ0v) is 18.2. The molecule has 3 rings (SSSR count). The maximum atomic E-state index is 12.4. The van der Waals surface area contributed by atoms with Crippen molar-refractivity contribution in [2.75, 3.05) is 0 Å². The fraction of sp³-hybridized carbons (Fsp3) is 0.120. The van der Waals surface area contributed by atoms with Gasteiger partial charge in [0.15, 0.2) is 5.78 Å². The summed E-state index contributed by atoms with van der Waals surface area (Å²) in [4.78, 5) is 24.1. The molecule has 0 heterocycles. The molecular weight excluding hydrogens is 444 g/mol. The summed E-state index contributed by atoms with van der Waals surface area (Å²) in [6, 6.07) is 19.8. The van der Waals surface area contributed by atoms with E-state index < -0.39 is 12.1 Å². The quantitative estimate of drug-likeness (QED) is 0.335. The van der Waals surface area contributed by atoms with Crippen LogP contribution in [-0.2, 0) is 4.79 Å². The third kappa shape index (κ3) is 5.24. The Kier molecular flexibility index (Phi) is 6.85. The molecule has 4 nitrogen and oxygen atoms in total. The van der Waals surface area contributed by atoms with Crippen LogP contribution in [0.2, 0.25) is 0 Å². The van der Waals surface area contributed by atoms with E-state index in [2.05, 4.69) is 15.9 Å². The predicted octanol–water partition coefficient (Wildman–Crippen LogP) is 6.17. The van der Waals surface area contributed by atoms with Crippen molar-refractivity contribution in [3.63, 3.8) is 0 Å². The Morgan fingerprint density at radius 1 is 0.967 bits per heavy atom. The summed E-state index contributed by atoms with van der Waals surface area (Å²) in [5.41, 5.74) is 3.62. The average molecular weight is 465 g/mol. The number of ketones is 1. The van der Waals surface area contributed by atoms with Crippen molar-refractivity contribution in [3.05, 3.63) is 105 Å². The minimum Gasteiger partial charge on any atom is -0.478 e. The maximum absolute atomic E-state index is 12.4. The molecule has 3 aromatic carbocycles. The minimum atomic E-state index is -1.09. The predicted molar refractivity (Wildman–Crippen MR) is 121 cm³/mol. The molecule has 3 aromatic rings. The second-order valence-corrected chi connectivity index (χ2v) is 7.85. The van der Waals surface area contributed by atoms with Crippen molar-refractivity contribution in [1.82, 2.24) is 0 Å². The molecule has 0 aliphatic heterocycles. The number of carboxylic acids is 1. The molecular formula is C25H21BrO4. The third-order valence-electron chi connectivity index (χ3n) is 4.60. The number of benzene rings is 3. The van der Waals surface area contributed by atoms with Crippen LogP contribution < -0.4 is 4.74 Å². The van der Waals surface area contributed by atoms with Gasteiger partial charge < -0.3 is 9.84 Å². The van der Waals surface area contributed by atoms with Crippen molar-refractivity contribution < 1.29 is 19.4 Å². The Balaban J connectivity index is 1.82. The fourth-order valence-electron chi connectivity index (χ4n) is 3.15. The molecule has 0 bridgehead atoms. The molecule has 1 N–H and O–H groups in total. The second kappa shape index (κ2) is 9.55. The van der Waals surface area contributed by atoms with Crippen LogP contribution in [0.3, 0.4) is 0 Å². The van der Waals surface area contributed by atoms with Gasteiger partial charge >= 0.3 is 5.97 Å². The number of hydrogen-bond acceptors (Lipinski definition) is 3. The van der Waals surface area contributed by atoms with Gasteiger partial charge in [0.05, 0.1) is 0 Å². The average Bonchev–Trinajstić information content (AvgIpc) is 2.72. The standard InChI is InChI=1S/C25H21BrO4/c1-16-14-18(8-13-22(27)19-9-11-21(26)12-10-19)15-17(2)23(16)30-24(25(28)29)20-6-4-3-5-7-20/h3-15,24H,1-2H3,(H,28,29)/b13-8+. The van der Waals surface area contributed by atoms with Gasteiger partial charge in [0, 0.05) is 15.6 Å². The molecule has 1 atom stereocenters. The van der Waals surface area contributed by atoms with Gasteiger partial charge in [-0.15, -0.1) is 0 Å². The van der Waals surface area contributed by atoms with Crippen molar-refractivity contribution in [3.8, 4) is 5.75 Å². The van der Waals surface area contributed by atoms with Crippen molar-refractivity contribution in [2.24, 2.45) is 0 Å². The lowest BCUT2D eigenvalue weighted by atomic mass is 10.0. The molecule has 0 spiro atoms. The van der Waals surface area contributed by atoms with E-state index in [1.807, 2.05) is 44.2 Å². The van der Waals surface area contributed by atoms with Gasteiger partial charge in [-0.25, -0.2) is 4.79 Å². The van der Waals surface area contributed by atoms with Crippen molar-refractivity contribution >= 4 is 33.8 Å². The van der Waals surface area contributed by atoms with E-state index in [1.165, 1.54) is 6.08 Å². The molecule has 0 amide bonds. The van der Waals surface area contributed by atoms with Crippen LogP contribution in [0.25, 0.3) is 6.08 Å². The van der Waals surface area contributed by atoms with Gasteiger partial charge in [-0.3, -0.25) is 4.79 Å². The molecule has 0 radical (unpaired) electrons. The Morgan fingerprint density at radius 2 is 1.57 bits per heavy atom. The monoisotopic (exact) mass is 464 g/mol. The molecule has 0 saturated carbocycles. The number of carbonyl (C=O) groups excluding carboxylic acids is 1. The largest absolute Gasteiger partial charge is 0.478 e. The van der Waals surface area contributed by atoms with Gasteiger partial charge in [-0.05, 0) is 73.0 Å². The SMILES string of the molecule is Cc1cc(/C=C/C(=O)c2ccc(Br)cc2)cc(C)c1OC(C(=O)O)c1ccccc1. The minimum absolute atomic E-state index is 0.0897. The smallest absolute Gasteiger partial charge is 0.349 e. The summed E-state index contributed by atoms with van der Waals surface area (Å²) >= 11 is 3.36. The number of carboxylic acid groups (broad SMARTS) is 1. The molecule has 0 aliphatic carbocycles. The van der Waals surface area contributed by atoms with Crippen molar-refractivity contribution in [1.29, 1.82) is 0 Å². The number of aryl methyl sites for hydroxylation is 2. The first-order valence-electron chi connectivity index (χ1n) is 9.39. The zero-order valence-electron chi connectivity index (χ0n) is 16.6. The van der Waals surface area contributed by atoms with E-state index in [0.717, 1.165) is 21.2 Å². The van der Waals surface area contributed by atoms with Gasteiger partial charge in [-0.1, -0.05) is 52.3 Å². The highest BCUT2D eigenvalue weighted by Gasteiger charge is 2.23. The van der Waals surface area contributed by atoms with E-state index in [0.29, 0.717) is 16.9 Å². The summed E-state index contributed by atoms with van der Waals surface area (Å²) in [6.45, 7) is 3.72. The van der Waals surface area contributed by atoms with Gasteiger partial charge in [0.25, 0.3) is 0 Å². The molecule has 30 heavy (non-hydrogen) atoms. The van der Waals surface area contributed by atoms with E-state index in [1.54, 1.807) is 42.5 Å². The molecule has 152 valence electrons. The first kappa shape index (κ1) is 21.5. The number of rotatable bonds is 7. The van der Waals surface area contributed by atoms with Crippen LogP contribution in [-0.4, -0.2) is 16.9 Å². The van der Waals surface area contributed by atoms with Gasteiger partial charge in [-0.2, -0.15) is 0 Å².